The van der Waals surface area contributed by atoms with Crippen molar-refractivity contribution in [1.82, 2.24) is 10.6 Å². The van der Waals surface area contributed by atoms with Gasteiger partial charge in [-0.15, -0.1) is 0 Å². The Bertz CT molecular complexity index is 509. The first-order valence-electron chi connectivity index (χ1n) is 6.41. The van der Waals surface area contributed by atoms with Gasteiger partial charge in [-0.05, 0) is 25.0 Å². The highest BCUT2D eigenvalue weighted by Gasteiger charge is 2.35. The van der Waals surface area contributed by atoms with Crippen LogP contribution in [0.15, 0.2) is 30.3 Å². The van der Waals surface area contributed by atoms with Crippen molar-refractivity contribution in [1.29, 1.82) is 0 Å². The second kappa shape index (κ2) is 6.18. The summed E-state index contributed by atoms with van der Waals surface area (Å²) in [4.78, 5) is 33.9. The van der Waals surface area contributed by atoms with Crippen LogP contribution < -0.4 is 10.6 Å². The Kier molecular flexibility index (Phi) is 4.34. The van der Waals surface area contributed by atoms with Gasteiger partial charge in [0.15, 0.2) is 0 Å². The fourth-order valence-corrected chi connectivity index (χ4v) is 2.07. The standard InChI is InChI=1S/C14H16N2O4/c17-12(16-11-6-10(7-11)14(19)20)8-15-13(18)9-4-2-1-3-5-9/h1-5,10-11H,6-8H2,(H,15,18)(H,16,17)(H,19,20). The summed E-state index contributed by atoms with van der Waals surface area (Å²) >= 11 is 0. The average Bonchev–Trinajstić information content (AvgIpc) is 2.40. The van der Waals surface area contributed by atoms with E-state index in [1.165, 1.54) is 0 Å². The van der Waals surface area contributed by atoms with Gasteiger partial charge in [0.25, 0.3) is 5.91 Å². The normalized spacial score (nSPS) is 20.6. The van der Waals surface area contributed by atoms with Crippen LogP contribution in [0.5, 0.6) is 0 Å². The molecule has 0 radical (unpaired) electrons. The van der Waals surface area contributed by atoms with E-state index in [-0.39, 0.29) is 30.3 Å². The molecule has 106 valence electrons. The van der Waals surface area contributed by atoms with E-state index in [1.807, 2.05) is 0 Å². The smallest absolute Gasteiger partial charge is 0.306 e. The van der Waals surface area contributed by atoms with Crippen molar-refractivity contribution in [2.45, 2.75) is 18.9 Å². The molecule has 0 heterocycles. The SMILES string of the molecule is O=C(CNC(=O)c1ccccc1)NC1CC(C(=O)O)C1. The number of carboxylic acid groups (broad SMARTS) is 1. The van der Waals surface area contributed by atoms with Gasteiger partial charge < -0.3 is 15.7 Å². The Labute approximate surface area is 116 Å². The highest BCUT2D eigenvalue weighted by atomic mass is 16.4. The van der Waals surface area contributed by atoms with Crippen molar-refractivity contribution in [3.63, 3.8) is 0 Å². The molecule has 2 rings (SSSR count). The third-order valence-corrected chi connectivity index (χ3v) is 3.30. The predicted molar refractivity (Wildman–Crippen MR) is 71.1 cm³/mol. The molecule has 3 N–H and O–H groups in total. The Morgan fingerprint density at radius 3 is 2.40 bits per heavy atom. The van der Waals surface area contributed by atoms with Crippen LogP contribution in [-0.2, 0) is 9.59 Å². The lowest BCUT2D eigenvalue weighted by Gasteiger charge is -2.32. The fraction of sp³-hybridized carbons (Fsp3) is 0.357. The van der Waals surface area contributed by atoms with E-state index in [2.05, 4.69) is 10.6 Å². The van der Waals surface area contributed by atoms with Crippen LogP contribution >= 0.6 is 0 Å². The molecule has 6 nitrogen and oxygen atoms in total. The molecule has 0 atom stereocenters. The van der Waals surface area contributed by atoms with E-state index < -0.39 is 5.97 Å². The summed E-state index contributed by atoms with van der Waals surface area (Å²) in [6, 6.07) is 8.52. The second-order valence-electron chi connectivity index (χ2n) is 4.82. The van der Waals surface area contributed by atoms with Gasteiger partial charge in [0.2, 0.25) is 5.91 Å². The van der Waals surface area contributed by atoms with Crippen molar-refractivity contribution in [3.05, 3.63) is 35.9 Å². The molecule has 0 aromatic heterocycles. The zero-order chi connectivity index (χ0) is 14.5. The molecule has 1 fully saturated rings. The molecule has 1 aliphatic carbocycles. The van der Waals surface area contributed by atoms with Gasteiger partial charge >= 0.3 is 5.97 Å². The number of benzene rings is 1. The highest BCUT2D eigenvalue weighted by molar-refractivity contribution is 5.96. The molecule has 0 spiro atoms. The number of aliphatic carboxylic acids is 1. The highest BCUT2D eigenvalue weighted by Crippen LogP contribution is 2.27. The van der Waals surface area contributed by atoms with E-state index >= 15 is 0 Å². The number of rotatable bonds is 5. The summed E-state index contributed by atoms with van der Waals surface area (Å²) in [5.41, 5.74) is 0.495. The molecule has 0 unspecified atom stereocenters. The van der Waals surface area contributed by atoms with Crippen molar-refractivity contribution in [2.75, 3.05) is 6.54 Å². The van der Waals surface area contributed by atoms with Crippen LogP contribution in [0, 0.1) is 5.92 Å². The molecule has 1 aromatic rings. The Morgan fingerprint density at radius 2 is 1.80 bits per heavy atom. The first-order valence-corrected chi connectivity index (χ1v) is 6.41. The number of carbonyl (C=O) groups is 3. The Balaban J connectivity index is 1.69. The van der Waals surface area contributed by atoms with Crippen LogP contribution in [0.4, 0.5) is 0 Å². The fourth-order valence-electron chi connectivity index (χ4n) is 2.07. The summed E-state index contributed by atoms with van der Waals surface area (Å²) in [6.45, 7) is -0.109. The predicted octanol–water partition coefficient (Wildman–Crippen LogP) is 0.396. The third kappa shape index (κ3) is 3.57. The van der Waals surface area contributed by atoms with Crippen molar-refractivity contribution < 1.29 is 19.5 Å². The first-order chi connectivity index (χ1) is 9.56. The van der Waals surface area contributed by atoms with Crippen LogP contribution in [-0.4, -0.2) is 35.5 Å². The summed E-state index contributed by atoms with van der Waals surface area (Å²) in [5, 5.41) is 13.9. The minimum absolute atomic E-state index is 0.0998. The average molecular weight is 276 g/mol. The van der Waals surface area contributed by atoms with Gasteiger partial charge in [0.1, 0.15) is 0 Å². The minimum atomic E-state index is -0.826. The maximum absolute atomic E-state index is 11.7. The van der Waals surface area contributed by atoms with Crippen LogP contribution in [0.25, 0.3) is 0 Å². The van der Waals surface area contributed by atoms with Crippen LogP contribution in [0.1, 0.15) is 23.2 Å². The Hall–Kier alpha value is -2.37. The van der Waals surface area contributed by atoms with Gasteiger partial charge in [0.05, 0.1) is 12.5 Å². The van der Waals surface area contributed by atoms with Crippen molar-refractivity contribution in [2.24, 2.45) is 5.92 Å². The molecular weight excluding hydrogens is 260 g/mol. The van der Waals surface area contributed by atoms with Crippen molar-refractivity contribution >= 4 is 17.8 Å². The molecule has 2 amide bonds. The van der Waals surface area contributed by atoms with Gasteiger partial charge in [-0.25, -0.2) is 0 Å². The summed E-state index contributed by atoms with van der Waals surface area (Å²) in [7, 11) is 0. The van der Waals surface area contributed by atoms with E-state index in [9.17, 15) is 14.4 Å². The number of hydrogen-bond acceptors (Lipinski definition) is 3. The first kappa shape index (κ1) is 14.0. The largest absolute Gasteiger partial charge is 0.481 e. The van der Waals surface area contributed by atoms with Gasteiger partial charge in [-0.3, -0.25) is 14.4 Å². The lowest BCUT2D eigenvalue weighted by molar-refractivity contribution is -0.146. The Morgan fingerprint density at radius 1 is 1.15 bits per heavy atom. The number of nitrogens with one attached hydrogen (secondary N) is 2. The monoisotopic (exact) mass is 276 g/mol. The van der Waals surface area contributed by atoms with E-state index in [1.54, 1.807) is 30.3 Å². The molecule has 1 aromatic carbocycles. The van der Waals surface area contributed by atoms with E-state index in [0.717, 1.165) is 0 Å². The molecule has 0 bridgehead atoms. The lowest BCUT2D eigenvalue weighted by Crippen LogP contribution is -2.49. The third-order valence-electron chi connectivity index (χ3n) is 3.30. The molecule has 1 aliphatic rings. The summed E-state index contributed by atoms with van der Waals surface area (Å²) in [5.74, 6) is -1.80. The molecule has 6 heteroatoms. The minimum Gasteiger partial charge on any atom is -0.481 e. The van der Waals surface area contributed by atoms with E-state index in [0.29, 0.717) is 18.4 Å². The molecule has 20 heavy (non-hydrogen) atoms. The van der Waals surface area contributed by atoms with Gasteiger partial charge in [0, 0.05) is 11.6 Å². The van der Waals surface area contributed by atoms with Gasteiger partial charge in [-0.1, -0.05) is 18.2 Å². The molecule has 0 saturated heterocycles. The van der Waals surface area contributed by atoms with Crippen molar-refractivity contribution in [3.8, 4) is 0 Å². The molecule has 0 aliphatic heterocycles. The van der Waals surface area contributed by atoms with Gasteiger partial charge in [-0.2, -0.15) is 0 Å². The molecular formula is C14H16N2O4. The lowest BCUT2D eigenvalue weighted by atomic mass is 9.80. The summed E-state index contributed by atoms with van der Waals surface area (Å²) < 4.78 is 0. The quantitative estimate of drug-likeness (QED) is 0.725. The number of carboxylic acids is 1. The maximum Gasteiger partial charge on any atom is 0.306 e. The van der Waals surface area contributed by atoms with Crippen LogP contribution in [0.2, 0.25) is 0 Å². The second-order valence-corrected chi connectivity index (χ2v) is 4.82. The zero-order valence-electron chi connectivity index (χ0n) is 10.8. The number of amides is 2. The van der Waals surface area contributed by atoms with E-state index in [4.69, 9.17) is 5.11 Å². The zero-order valence-corrected chi connectivity index (χ0v) is 10.8. The number of carbonyl (C=O) groups excluding carboxylic acids is 2. The maximum atomic E-state index is 11.7. The molecule has 1 saturated carbocycles. The number of hydrogen-bond donors (Lipinski definition) is 3. The summed E-state index contributed by atoms with van der Waals surface area (Å²) in [6.07, 6.45) is 0.904. The van der Waals surface area contributed by atoms with Crippen LogP contribution in [0.3, 0.4) is 0 Å². The topological polar surface area (TPSA) is 95.5 Å².